The van der Waals surface area contributed by atoms with Crippen molar-refractivity contribution in [3.8, 4) is 11.5 Å². The Hall–Kier alpha value is -3.60. The van der Waals surface area contributed by atoms with Gasteiger partial charge in [0.15, 0.2) is 5.43 Å². The van der Waals surface area contributed by atoms with Gasteiger partial charge in [-0.1, -0.05) is 30.7 Å². The third kappa shape index (κ3) is 3.92. The van der Waals surface area contributed by atoms with E-state index in [1.807, 2.05) is 54.8 Å². The highest BCUT2D eigenvalue weighted by Crippen LogP contribution is 2.22. The molecule has 0 saturated carbocycles. The van der Waals surface area contributed by atoms with Crippen LogP contribution in [0.1, 0.15) is 18.9 Å². The minimum Gasteiger partial charge on any atom is -0.494 e. The first kappa shape index (κ1) is 19.7. The highest BCUT2D eigenvalue weighted by atomic mass is 16.5. The number of carbonyl (C=O) groups excluding carboxylic acids is 1. The molecule has 0 saturated heterocycles. The average molecular weight is 401 g/mol. The van der Waals surface area contributed by atoms with Gasteiger partial charge in [-0.2, -0.15) is 0 Å². The molecule has 3 aromatic carbocycles. The number of hydrogen-bond donors (Lipinski definition) is 0. The van der Waals surface area contributed by atoms with Gasteiger partial charge in [0.05, 0.1) is 17.6 Å². The van der Waals surface area contributed by atoms with Gasteiger partial charge in [0.2, 0.25) is 0 Å². The highest BCUT2D eigenvalue weighted by Gasteiger charge is 2.14. The van der Waals surface area contributed by atoms with Crippen LogP contribution in [-0.4, -0.2) is 17.1 Å². The molecule has 0 spiro atoms. The summed E-state index contributed by atoms with van der Waals surface area (Å²) in [5, 5.41) is 1.18. The van der Waals surface area contributed by atoms with Crippen LogP contribution in [0.3, 0.4) is 0 Å². The van der Waals surface area contributed by atoms with Crippen molar-refractivity contribution in [3.63, 3.8) is 0 Å². The van der Waals surface area contributed by atoms with Crippen LogP contribution in [0.2, 0.25) is 0 Å². The summed E-state index contributed by atoms with van der Waals surface area (Å²) in [5.74, 6) is 0.784. The molecule has 0 aliphatic carbocycles. The molecule has 1 aromatic heterocycles. The molecule has 0 aliphatic rings. The quantitative estimate of drug-likeness (QED) is 0.263. The maximum absolute atomic E-state index is 12.9. The molecule has 5 nitrogen and oxygen atoms in total. The van der Waals surface area contributed by atoms with Crippen LogP contribution in [0.15, 0.2) is 71.5 Å². The molecule has 5 heteroatoms. The van der Waals surface area contributed by atoms with E-state index < -0.39 is 5.97 Å². The van der Waals surface area contributed by atoms with Gasteiger partial charge in [-0.15, -0.1) is 0 Å². The number of esters is 1. The minimum atomic E-state index is -0.409. The van der Waals surface area contributed by atoms with E-state index >= 15 is 0 Å². The molecule has 0 fully saturated rings. The van der Waals surface area contributed by atoms with E-state index in [0.29, 0.717) is 34.2 Å². The van der Waals surface area contributed by atoms with Crippen LogP contribution < -0.4 is 14.9 Å². The SMILES string of the molecule is CCCOc1ccc(OC(=O)Cn2c3ccccc3c(=O)c3cc(C)ccc32)cc1. The number of aromatic nitrogens is 1. The number of ether oxygens (including phenoxy) is 2. The number of rotatable bonds is 6. The number of hydrogen-bond acceptors (Lipinski definition) is 4. The zero-order valence-corrected chi connectivity index (χ0v) is 17.1. The Morgan fingerprint density at radius 1 is 0.900 bits per heavy atom. The second-order valence-corrected chi connectivity index (χ2v) is 7.25. The molecule has 4 aromatic rings. The van der Waals surface area contributed by atoms with E-state index in [1.165, 1.54) is 0 Å². The lowest BCUT2D eigenvalue weighted by atomic mass is 10.1. The Balaban J connectivity index is 1.66. The van der Waals surface area contributed by atoms with Gasteiger partial charge in [0.25, 0.3) is 0 Å². The van der Waals surface area contributed by atoms with Crippen molar-refractivity contribution in [2.24, 2.45) is 0 Å². The summed E-state index contributed by atoms with van der Waals surface area (Å²) in [6, 6.07) is 20.0. The Bertz CT molecular complexity index is 1270. The second kappa shape index (κ2) is 8.41. The first-order valence-electron chi connectivity index (χ1n) is 10.0. The van der Waals surface area contributed by atoms with Crippen LogP contribution in [0.25, 0.3) is 21.8 Å². The fourth-order valence-corrected chi connectivity index (χ4v) is 3.53. The number of nitrogens with zero attached hydrogens (tertiary/aromatic N) is 1. The molecule has 0 atom stereocenters. The molecule has 0 amide bonds. The molecule has 0 aliphatic heterocycles. The molecule has 0 radical (unpaired) electrons. The lowest BCUT2D eigenvalue weighted by Gasteiger charge is -2.15. The molecule has 152 valence electrons. The summed E-state index contributed by atoms with van der Waals surface area (Å²) >= 11 is 0. The summed E-state index contributed by atoms with van der Waals surface area (Å²) < 4.78 is 12.9. The Labute approximate surface area is 174 Å². The number of aryl methyl sites for hydroxylation is 1. The van der Waals surface area contributed by atoms with Gasteiger partial charge in [0, 0.05) is 10.8 Å². The normalized spacial score (nSPS) is 11.0. The number of fused-ring (bicyclic) bond motifs is 2. The molecule has 4 rings (SSSR count). The fraction of sp³-hybridized carbons (Fsp3) is 0.200. The van der Waals surface area contributed by atoms with E-state index in [0.717, 1.165) is 17.7 Å². The molecular formula is C25H23NO4. The van der Waals surface area contributed by atoms with Crippen LogP contribution in [0, 0.1) is 6.92 Å². The monoisotopic (exact) mass is 401 g/mol. The number of para-hydroxylation sites is 1. The Morgan fingerprint density at radius 3 is 2.37 bits per heavy atom. The van der Waals surface area contributed by atoms with Gasteiger partial charge >= 0.3 is 5.97 Å². The van der Waals surface area contributed by atoms with E-state index in [-0.39, 0.29) is 12.0 Å². The average Bonchev–Trinajstić information content (AvgIpc) is 2.76. The summed E-state index contributed by atoms with van der Waals surface area (Å²) in [5.41, 5.74) is 2.38. The summed E-state index contributed by atoms with van der Waals surface area (Å²) in [4.78, 5) is 25.7. The van der Waals surface area contributed by atoms with Crippen molar-refractivity contribution < 1.29 is 14.3 Å². The smallest absolute Gasteiger partial charge is 0.331 e. The molecule has 0 N–H and O–H groups in total. The van der Waals surface area contributed by atoms with E-state index in [1.54, 1.807) is 30.3 Å². The number of carbonyl (C=O) groups is 1. The van der Waals surface area contributed by atoms with Crippen molar-refractivity contribution >= 4 is 27.8 Å². The second-order valence-electron chi connectivity index (χ2n) is 7.25. The van der Waals surface area contributed by atoms with Crippen LogP contribution in [0.4, 0.5) is 0 Å². The third-order valence-electron chi connectivity index (χ3n) is 4.94. The predicted octanol–water partition coefficient (Wildman–Crippen LogP) is 4.86. The Kier molecular flexibility index (Phi) is 5.53. The standard InChI is InChI=1S/C25H23NO4/c1-3-14-29-18-9-11-19(12-10-18)30-24(27)16-26-22-7-5-4-6-20(22)25(28)21-15-17(2)8-13-23(21)26/h4-13,15H,3,14,16H2,1-2H3. The molecule has 0 unspecified atom stereocenters. The molecule has 30 heavy (non-hydrogen) atoms. The van der Waals surface area contributed by atoms with Gasteiger partial charge in [-0.25, -0.2) is 4.79 Å². The zero-order chi connectivity index (χ0) is 21.1. The van der Waals surface area contributed by atoms with Crippen molar-refractivity contribution in [3.05, 3.63) is 82.5 Å². The largest absolute Gasteiger partial charge is 0.494 e. The molecular weight excluding hydrogens is 378 g/mol. The molecule has 0 bridgehead atoms. The third-order valence-corrected chi connectivity index (χ3v) is 4.94. The zero-order valence-electron chi connectivity index (χ0n) is 17.1. The highest BCUT2D eigenvalue weighted by molar-refractivity contribution is 5.94. The van der Waals surface area contributed by atoms with Gasteiger partial charge in [0.1, 0.15) is 18.0 Å². The van der Waals surface area contributed by atoms with E-state index in [2.05, 4.69) is 0 Å². The van der Waals surface area contributed by atoms with Gasteiger partial charge < -0.3 is 14.0 Å². The first-order chi connectivity index (χ1) is 14.6. The molecule has 1 heterocycles. The van der Waals surface area contributed by atoms with Gasteiger partial charge in [-0.3, -0.25) is 4.79 Å². The van der Waals surface area contributed by atoms with Crippen LogP contribution >= 0.6 is 0 Å². The van der Waals surface area contributed by atoms with Crippen LogP contribution in [-0.2, 0) is 11.3 Å². The van der Waals surface area contributed by atoms with Crippen molar-refractivity contribution in [2.75, 3.05) is 6.61 Å². The lowest BCUT2D eigenvalue weighted by Crippen LogP contribution is -2.20. The number of pyridine rings is 1. The lowest BCUT2D eigenvalue weighted by molar-refractivity contribution is -0.134. The summed E-state index contributed by atoms with van der Waals surface area (Å²) in [6.07, 6.45) is 0.928. The van der Waals surface area contributed by atoms with E-state index in [9.17, 15) is 9.59 Å². The van der Waals surface area contributed by atoms with Crippen molar-refractivity contribution in [1.29, 1.82) is 0 Å². The fourth-order valence-electron chi connectivity index (χ4n) is 3.53. The van der Waals surface area contributed by atoms with Crippen molar-refractivity contribution in [2.45, 2.75) is 26.8 Å². The van der Waals surface area contributed by atoms with Crippen LogP contribution in [0.5, 0.6) is 11.5 Å². The van der Waals surface area contributed by atoms with Gasteiger partial charge in [-0.05, 0) is 61.9 Å². The van der Waals surface area contributed by atoms with Crippen molar-refractivity contribution in [1.82, 2.24) is 4.57 Å². The summed E-state index contributed by atoms with van der Waals surface area (Å²) in [6.45, 7) is 4.63. The minimum absolute atomic E-state index is 0.00552. The van der Waals surface area contributed by atoms with E-state index in [4.69, 9.17) is 9.47 Å². The Morgan fingerprint density at radius 2 is 1.60 bits per heavy atom. The number of benzene rings is 3. The maximum atomic E-state index is 12.9. The maximum Gasteiger partial charge on any atom is 0.331 e. The summed E-state index contributed by atoms with van der Waals surface area (Å²) in [7, 11) is 0. The predicted molar refractivity (Wildman–Crippen MR) is 118 cm³/mol. The topological polar surface area (TPSA) is 57.5 Å². The first-order valence-corrected chi connectivity index (χ1v) is 10.0.